The number of carbonyl (C=O) groups excluding carboxylic acids is 3. The predicted molar refractivity (Wildman–Crippen MR) is 126 cm³/mol. The Morgan fingerprint density at radius 1 is 1.03 bits per heavy atom. The largest absolute Gasteiger partial charge is 0.489 e. The van der Waals surface area contributed by atoms with E-state index in [4.69, 9.17) is 4.74 Å². The number of nitrogens with zero attached hydrogens (tertiary/aromatic N) is 2. The number of hydrogen-bond acceptors (Lipinski definition) is 5. The van der Waals surface area contributed by atoms with E-state index in [2.05, 4.69) is 15.6 Å². The smallest absolute Gasteiger partial charge is 0.255 e. The average Bonchev–Trinajstić information content (AvgIpc) is 3.66. The van der Waals surface area contributed by atoms with Crippen molar-refractivity contribution in [2.24, 2.45) is 5.92 Å². The fraction of sp³-hybridized carbons (Fsp3) is 0.462. The van der Waals surface area contributed by atoms with Gasteiger partial charge >= 0.3 is 0 Å². The molecule has 1 aromatic carbocycles. The molecule has 1 aliphatic heterocycles. The lowest BCUT2D eigenvalue weighted by molar-refractivity contribution is -0.127. The SMILES string of the molecule is O=C(CNC(=O)C1c2ccccc2C(=O)N1C1CC1)Nc1ncccc1OCC1CCCCC1. The summed E-state index contributed by atoms with van der Waals surface area (Å²) in [6, 6.07) is 10.1. The zero-order chi connectivity index (χ0) is 23.5. The molecule has 2 fully saturated rings. The lowest BCUT2D eigenvalue weighted by Gasteiger charge is -2.24. The molecule has 0 bridgehead atoms. The molecule has 2 aliphatic carbocycles. The maximum atomic E-state index is 13.1. The predicted octanol–water partition coefficient (Wildman–Crippen LogP) is 3.45. The molecule has 8 nitrogen and oxygen atoms in total. The summed E-state index contributed by atoms with van der Waals surface area (Å²) in [4.78, 5) is 44.4. The van der Waals surface area contributed by atoms with Crippen LogP contribution in [-0.2, 0) is 9.59 Å². The highest BCUT2D eigenvalue weighted by atomic mass is 16.5. The Morgan fingerprint density at radius 2 is 1.82 bits per heavy atom. The normalized spacial score (nSPS) is 20.1. The zero-order valence-electron chi connectivity index (χ0n) is 19.2. The van der Waals surface area contributed by atoms with Crippen molar-refractivity contribution >= 4 is 23.5 Å². The van der Waals surface area contributed by atoms with Gasteiger partial charge < -0.3 is 20.3 Å². The Hall–Kier alpha value is -3.42. The second-order valence-corrected chi connectivity index (χ2v) is 9.36. The Morgan fingerprint density at radius 3 is 2.62 bits per heavy atom. The van der Waals surface area contributed by atoms with Crippen molar-refractivity contribution in [3.8, 4) is 5.75 Å². The van der Waals surface area contributed by atoms with Gasteiger partial charge in [0.25, 0.3) is 5.91 Å². The zero-order valence-corrected chi connectivity index (χ0v) is 19.2. The monoisotopic (exact) mass is 462 g/mol. The number of fused-ring (bicyclic) bond motifs is 1. The molecule has 0 saturated heterocycles. The lowest BCUT2D eigenvalue weighted by atomic mass is 9.90. The van der Waals surface area contributed by atoms with Crippen LogP contribution in [0, 0.1) is 5.92 Å². The van der Waals surface area contributed by atoms with Gasteiger partial charge in [0, 0.05) is 17.8 Å². The highest BCUT2D eigenvalue weighted by molar-refractivity contribution is 6.05. The quantitative estimate of drug-likeness (QED) is 0.626. The summed E-state index contributed by atoms with van der Waals surface area (Å²) in [5, 5.41) is 5.46. The summed E-state index contributed by atoms with van der Waals surface area (Å²) in [6.45, 7) is 0.389. The van der Waals surface area contributed by atoms with Gasteiger partial charge in [-0.25, -0.2) is 4.98 Å². The number of ether oxygens (including phenoxy) is 1. The molecule has 0 spiro atoms. The third kappa shape index (κ3) is 4.76. The van der Waals surface area contributed by atoms with Crippen molar-refractivity contribution in [2.45, 2.75) is 57.0 Å². The van der Waals surface area contributed by atoms with Gasteiger partial charge in [0.1, 0.15) is 6.04 Å². The van der Waals surface area contributed by atoms with Crippen LogP contribution in [0.3, 0.4) is 0 Å². The minimum atomic E-state index is -0.701. The van der Waals surface area contributed by atoms with Crippen molar-refractivity contribution < 1.29 is 19.1 Å². The number of benzene rings is 1. The summed E-state index contributed by atoms with van der Waals surface area (Å²) in [5.41, 5.74) is 1.26. The molecule has 2 N–H and O–H groups in total. The Kier molecular flexibility index (Phi) is 6.47. The highest BCUT2D eigenvalue weighted by Gasteiger charge is 2.47. The molecule has 8 heteroatoms. The van der Waals surface area contributed by atoms with E-state index in [-0.39, 0.29) is 24.4 Å². The molecule has 2 saturated carbocycles. The van der Waals surface area contributed by atoms with Crippen LogP contribution in [0.5, 0.6) is 5.75 Å². The van der Waals surface area contributed by atoms with Gasteiger partial charge in [0.2, 0.25) is 11.8 Å². The van der Waals surface area contributed by atoms with Crippen molar-refractivity contribution in [3.63, 3.8) is 0 Å². The molecule has 1 atom stereocenters. The number of carbonyl (C=O) groups is 3. The number of hydrogen-bond donors (Lipinski definition) is 2. The molecular formula is C26H30N4O4. The van der Waals surface area contributed by atoms with Crippen molar-refractivity contribution in [2.75, 3.05) is 18.5 Å². The second kappa shape index (κ2) is 9.83. The molecule has 1 unspecified atom stereocenters. The third-order valence-corrected chi connectivity index (χ3v) is 6.84. The first kappa shape index (κ1) is 22.4. The molecule has 2 heterocycles. The van der Waals surface area contributed by atoms with E-state index in [1.165, 1.54) is 32.1 Å². The summed E-state index contributed by atoms with van der Waals surface area (Å²) in [6.07, 6.45) is 9.48. The van der Waals surface area contributed by atoms with Crippen LogP contribution in [0.2, 0.25) is 0 Å². The second-order valence-electron chi connectivity index (χ2n) is 9.36. The Bertz CT molecular complexity index is 1080. The van der Waals surface area contributed by atoms with Gasteiger partial charge in [-0.3, -0.25) is 14.4 Å². The van der Waals surface area contributed by atoms with E-state index >= 15 is 0 Å². The Labute approximate surface area is 199 Å². The number of anilines is 1. The standard InChI is InChI=1S/C26H30N4O4/c31-22(29-24-21(11-6-14-27-24)34-16-17-7-2-1-3-8-17)15-28-25(32)23-19-9-4-5-10-20(19)26(33)30(23)18-12-13-18/h4-6,9-11,14,17-18,23H,1-3,7-8,12-13,15-16H2,(H,28,32)(H,27,29,31). The molecule has 0 radical (unpaired) electrons. The van der Waals surface area contributed by atoms with Crippen LogP contribution in [-0.4, -0.2) is 46.8 Å². The molecule has 34 heavy (non-hydrogen) atoms. The lowest BCUT2D eigenvalue weighted by Crippen LogP contribution is -2.42. The van der Waals surface area contributed by atoms with E-state index in [1.807, 2.05) is 12.1 Å². The third-order valence-electron chi connectivity index (χ3n) is 6.84. The van der Waals surface area contributed by atoms with E-state index in [1.54, 1.807) is 35.4 Å². The first-order valence-corrected chi connectivity index (χ1v) is 12.2. The van der Waals surface area contributed by atoms with Crippen molar-refractivity contribution in [1.29, 1.82) is 0 Å². The van der Waals surface area contributed by atoms with Crippen molar-refractivity contribution in [1.82, 2.24) is 15.2 Å². The fourth-order valence-electron chi connectivity index (χ4n) is 4.94. The number of amides is 3. The molecule has 178 valence electrons. The van der Waals surface area contributed by atoms with E-state index in [9.17, 15) is 14.4 Å². The van der Waals surface area contributed by atoms with Gasteiger partial charge in [-0.1, -0.05) is 37.5 Å². The number of pyridine rings is 1. The summed E-state index contributed by atoms with van der Waals surface area (Å²) >= 11 is 0. The molecule has 3 aliphatic rings. The van der Waals surface area contributed by atoms with Crippen LogP contribution in [0.25, 0.3) is 0 Å². The minimum Gasteiger partial charge on any atom is -0.489 e. The maximum Gasteiger partial charge on any atom is 0.255 e. The maximum absolute atomic E-state index is 13.1. The van der Waals surface area contributed by atoms with Crippen LogP contribution in [0.1, 0.15) is 66.9 Å². The minimum absolute atomic E-state index is 0.0851. The molecule has 1 aromatic heterocycles. The fourth-order valence-corrected chi connectivity index (χ4v) is 4.94. The summed E-state index contributed by atoms with van der Waals surface area (Å²) in [7, 11) is 0. The van der Waals surface area contributed by atoms with Gasteiger partial charge in [-0.15, -0.1) is 0 Å². The molecule has 2 aromatic rings. The van der Waals surface area contributed by atoms with Crippen molar-refractivity contribution in [3.05, 3.63) is 53.7 Å². The summed E-state index contributed by atoms with van der Waals surface area (Å²) < 4.78 is 5.97. The first-order chi connectivity index (χ1) is 16.6. The summed E-state index contributed by atoms with van der Waals surface area (Å²) in [5.74, 6) is 0.543. The van der Waals surface area contributed by atoms with Gasteiger partial charge in [-0.05, 0) is 55.4 Å². The Balaban J connectivity index is 1.19. The molecule has 5 rings (SSSR count). The van der Waals surface area contributed by atoms with Crippen LogP contribution in [0.15, 0.2) is 42.6 Å². The van der Waals surface area contributed by atoms with E-state index in [0.29, 0.717) is 35.2 Å². The van der Waals surface area contributed by atoms with Gasteiger partial charge in [-0.2, -0.15) is 0 Å². The number of nitrogens with one attached hydrogen (secondary N) is 2. The van der Waals surface area contributed by atoms with Crippen LogP contribution in [0.4, 0.5) is 5.82 Å². The van der Waals surface area contributed by atoms with Crippen LogP contribution < -0.4 is 15.4 Å². The number of aromatic nitrogens is 1. The molecule has 3 amide bonds. The van der Waals surface area contributed by atoms with E-state index < -0.39 is 11.9 Å². The highest BCUT2D eigenvalue weighted by Crippen LogP contribution is 2.41. The topological polar surface area (TPSA) is 101 Å². The van der Waals surface area contributed by atoms with Gasteiger partial charge in [0.05, 0.1) is 13.2 Å². The van der Waals surface area contributed by atoms with Crippen LogP contribution >= 0.6 is 0 Å². The molecular weight excluding hydrogens is 432 g/mol. The van der Waals surface area contributed by atoms with E-state index in [0.717, 1.165) is 12.8 Å². The first-order valence-electron chi connectivity index (χ1n) is 12.2. The number of rotatable bonds is 8. The average molecular weight is 463 g/mol. The van der Waals surface area contributed by atoms with Gasteiger partial charge in [0.15, 0.2) is 11.6 Å².